The molecule has 5 nitrogen and oxygen atoms in total. The van der Waals surface area contributed by atoms with Gasteiger partial charge in [-0.2, -0.15) is 5.26 Å². The van der Waals surface area contributed by atoms with E-state index in [4.69, 9.17) is 14.3 Å². The highest BCUT2D eigenvalue weighted by atomic mass is 19.1. The molecule has 6 heteroatoms. The Morgan fingerprint density at radius 2 is 2.24 bits per heavy atom. The Kier molecular flexibility index (Phi) is 4.24. The van der Waals surface area contributed by atoms with Crippen LogP contribution in [0.2, 0.25) is 0 Å². The van der Waals surface area contributed by atoms with E-state index >= 15 is 0 Å². The molecule has 108 valence electrons. The summed E-state index contributed by atoms with van der Waals surface area (Å²) >= 11 is 0. The molecule has 1 heterocycles. The summed E-state index contributed by atoms with van der Waals surface area (Å²) in [4.78, 5) is 10.8. The van der Waals surface area contributed by atoms with Gasteiger partial charge in [0.1, 0.15) is 23.2 Å². The van der Waals surface area contributed by atoms with Gasteiger partial charge in [-0.1, -0.05) is 0 Å². The molecule has 0 aliphatic rings. The third kappa shape index (κ3) is 3.20. The Hall–Kier alpha value is -2.81. The fourth-order valence-corrected chi connectivity index (χ4v) is 1.99. The predicted octanol–water partition coefficient (Wildman–Crippen LogP) is 2.98. The lowest BCUT2D eigenvalue weighted by Gasteiger charge is -2.11. The predicted molar refractivity (Wildman–Crippen MR) is 70.7 cm³/mol. The van der Waals surface area contributed by atoms with Crippen molar-refractivity contribution in [2.75, 3.05) is 7.11 Å². The summed E-state index contributed by atoms with van der Waals surface area (Å²) in [6.45, 7) is 0. The lowest BCUT2D eigenvalue weighted by Crippen LogP contribution is -2.02. The van der Waals surface area contributed by atoms with E-state index in [1.54, 1.807) is 0 Å². The molecule has 1 atom stereocenters. The molecule has 1 aromatic carbocycles. The number of methoxy groups -OCH3 is 1. The van der Waals surface area contributed by atoms with Crippen molar-refractivity contribution in [2.45, 2.75) is 12.3 Å². The van der Waals surface area contributed by atoms with Crippen LogP contribution in [0.4, 0.5) is 4.39 Å². The fourth-order valence-electron chi connectivity index (χ4n) is 1.99. The Morgan fingerprint density at radius 3 is 2.81 bits per heavy atom. The lowest BCUT2D eigenvalue weighted by atomic mass is 9.97. The van der Waals surface area contributed by atoms with Crippen molar-refractivity contribution in [1.82, 2.24) is 0 Å². The van der Waals surface area contributed by atoms with Crippen LogP contribution in [0.15, 0.2) is 34.7 Å². The highest BCUT2D eigenvalue weighted by molar-refractivity contribution is 5.84. The van der Waals surface area contributed by atoms with Gasteiger partial charge in [-0.25, -0.2) is 9.18 Å². The number of carbonyl (C=O) groups is 1. The van der Waals surface area contributed by atoms with Crippen LogP contribution in [0.25, 0.3) is 0 Å². The molecule has 2 aromatic rings. The third-order valence-electron chi connectivity index (χ3n) is 3.00. The molecule has 0 amide bonds. The van der Waals surface area contributed by atoms with Gasteiger partial charge in [0.25, 0.3) is 0 Å². The van der Waals surface area contributed by atoms with Crippen LogP contribution in [-0.2, 0) is 6.42 Å². The largest absolute Gasteiger partial charge is 0.496 e. The van der Waals surface area contributed by atoms with Crippen LogP contribution in [0, 0.1) is 17.1 Å². The average molecular weight is 289 g/mol. The van der Waals surface area contributed by atoms with E-state index in [1.165, 1.54) is 37.4 Å². The number of hydrogen-bond donors (Lipinski definition) is 1. The molecular formula is C15H12FNO4. The second kappa shape index (κ2) is 6.09. The second-order valence-electron chi connectivity index (χ2n) is 4.35. The van der Waals surface area contributed by atoms with Crippen LogP contribution >= 0.6 is 0 Å². The zero-order valence-corrected chi connectivity index (χ0v) is 11.2. The van der Waals surface area contributed by atoms with Crippen molar-refractivity contribution in [3.63, 3.8) is 0 Å². The molecule has 1 unspecified atom stereocenters. The molecular weight excluding hydrogens is 277 g/mol. The van der Waals surface area contributed by atoms with Gasteiger partial charge in [0.2, 0.25) is 5.76 Å². The van der Waals surface area contributed by atoms with Crippen molar-refractivity contribution in [1.29, 1.82) is 5.26 Å². The van der Waals surface area contributed by atoms with E-state index in [-0.39, 0.29) is 17.9 Å². The number of aromatic carboxylic acids is 1. The normalized spacial score (nSPS) is 11.7. The minimum atomic E-state index is -1.21. The summed E-state index contributed by atoms with van der Waals surface area (Å²) in [5.74, 6) is -1.93. The van der Waals surface area contributed by atoms with Gasteiger partial charge in [-0.3, -0.25) is 0 Å². The summed E-state index contributed by atoms with van der Waals surface area (Å²) in [5, 5.41) is 18.0. The molecule has 2 rings (SSSR count). The molecule has 0 spiro atoms. The van der Waals surface area contributed by atoms with E-state index in [9.17, 15) is 14.4 Å². The second-order valence-corrected chi connectivity index (χ2v) is 4.35. The van der Waals surface area contributed by atoms with Crippen LogP contribution in [0.5, 0.6) is 5.75 Å². The van der Waals surface area contributed by atoms with E-state index in [1.807, 2.05) is 6.07 Å². The molecule has 0 fully saturated rings. The van der Waals surface area contributed by atoms with Gasteiger partial charge in [0.15, 0.2) is 0 Å². The average Bonchev–Trinajstić information content (AvgIpc) is 2.94. The van der Waals surface area contributed by atoms with Gasteiger partial charge in [-0.15, -0.1) is 0 Å². The van der Waals surface area contributed by atoms with Crippen molar-refractivity contribution >= 4 is 5.97 Å². The fraction of sp³-hybridized carbons (Fsp3) is 0.200. The van der Waals surface area contributed by atoms with E-state index in [2.05, 4.69) is 0 Å². The number of carboxylic acid groups (broad SMARTS) is 1. The molecule has 0 aliphatic carbocycles. The number of nitriles is 1. The van der Waals surface area contributed by atoms with Gasteiger partial charge in [0, 0.05) is 0 Å². The number of hydrogen-bond acceptors (Lipinski definition) is 4. The Balaban J connectivity index is 2.29. The quantitative estimate of drug-likeness (QED) is 0.914. The number of benzene rings is 1. The van der Waals surface area contributed by atoms with Crippen LogP contribution in [0.1, 0.15) is 27.8 Å². The summed E-state index contributed by atoms with van der Waals surface area (Å²) in [5.41, 5.74) is 0.511. The van der Waals surface area contributed by atoms with Gasteiger partial charge in [-0.05, 0) is 42.3 Å². The van der Waals surface area contributed by atoms with Gasteiger partial charge < -0.3 is 14.3 Å². The van der Waals surface area contributed by atoms with E-state index in [0.29, 0.717) is 11.3 Å². The minimum absolute atomic E-state index is 0.157. The molecule has 0 bridgehead atoms. The molecule has 0 radical (unpaired) electrons. The zero-order valence-electron chi connectivity index (χ0n) is 11.2. The van der Waals surface area contributed by atoms with Gasteiger partial charge in [0.05, 0.1) is 13.2 Å². The maximum atomic E-state index is 13.3. The molecule has 0 saturated carbocycles. The van der Waals surface area contributed by atoms with E-state index < -0.39 is 17.7 Å². The summed E-state index contributed by atoms with van der Waals surface area (Å²) in [6, 6.07) is 8.76. The van der Waals surface area contributed by atoms with Crippen molar-refractivity contribution in [3.8, 4) is 11.8 Å². The van der Waals surface area contributed by atoms with Gasteiger partial charge >= 0.3 is 5.97 Å². The summed E-state index contributed by atoms with van der Waals surface area (Å²) in [7, 11) is 1.45. The maximum absolute atomic E-state index is 13.3. The summed E-state index contributed by atoms with van der Waals surface area (Å²) in [6.07, 6.45) is 0.157. The zero-order chi connectivity index (χ0) is 15.4. The first-order valence-electron chi connectivity index (χ1n) is 6.10. The molecule has 0 saturated heterocycles. The highest BCUT2D eigenvalue weighted by Crippen LogP contribution is 2.28. The smallest absolute Gasteiger partial charge is 0.371 e. The molecule has 21 heavy (non-hydrogen) atoms. The first-order chi connectivity index (χ1) is 10.0. The van der Waals surface area contributed by atoms with Crippen molar-refractivity contribution < 1.29 is 23.4 Å². The Morgan fingerprint density at radius 1 is 1.48 bits per heavy atom. The number of halogens is 1. The monoisotopic (exact) mass is 289 g/mol. The molecule has 1 aromatic heterocycles. The van der Waals surface area contributed by atoms with E-state index in [0.717, 1.165) is 0 Å². The first-order valence-corrected chi connectivity index (χ1v) is 6.10. The highest BCUT2D eigenvalue weighted by Gasteiger charge is 2.20. The third-order valence-corrected chi connectivity index (χ3v) is 3.00. The maximum Gasteiger partial charge on any atom is 0.371 e. The van der Waals surface area contributed by atoms with Crippen molar-refractivity contribution in [3.05, 3.63) is 53.2 Å². The number of rotatable bonds is 5. The molecule has 0 aliphatic heterocycles. The van der Waals surface area contributed by atoms with Crippen molar-refractivity contribution in [2.24, 2.45) is 0 Å². The Bertz CT molecular complexity index is 702. The minimum Gasteiger partial charge on any atom is -0.496 e. The van der Waals surface area contributed by atoms with Crippen LogP contribution in [-0.4, -0.2) is 18.2 Å². The SMILES string of the molecule is COc1ccc(F)cc1CC(C#N)c1ccc(C(=O)O)o1. The number of furan rings is 1. The topological polar surface area (TPSA) is 83.5 Å². The first kappa shape index (κ1) is 14.6. The lowest BCUT2D eigenvalue weighted by molar-refractivity contribution is 0.0660. The number of carboxylic acids is 1. The number of nitrogens with zero attached hydrogens (tertiary/aromatic N) is 1. The standard InChI is InChI=1S/C15H12FNO4/c1-20-12-3-2-11(16)7-9(12)6-10(8-17)13-4-5-14(21-13)15(18)19/h2-5,7,10H,6H2,1H3,(H,18,19). The van der Waals surface area contributed by atoms with Crippen LogP contribution in [0.3, 0.4) is 0 Å². The summed E-state index contributed by atoms with van der Waals surface area (Å²) < 4.78 is 23.6. The number of ether oxygens (including phenoxy) is 1. The van der Waals surface area contributed by atoms with Crippen LogP contribution < -0.4 is 4.74 Å². The Labute approximate surface area is 120 Å². The molecule has 1 N–H and O–H groups in total.